The molecule has 1 aromatic carbocycles. The van der Waals surface area contributed by atoms with Gasteiger partial charge in [0.25, 0.3) is 5.56 Å². The Balaban J connectivity index is 3.01. The van der Waals surface area contributed by atoms with Gasteiger partial charge >= 0.3 is 0 Å². The first-order valence-electron chi connectivity index (χ1n) is 5.30. The third kappa shape index (κ3) is 1.76. The SMILES string of the molecule is COc1cc2c(cc1Br)c(C)c(C)c(=O)n2C. The number of pyridine rings is 1. The Morgan fingerprint density at radius 3 is 2.47 bits per heavy atom. The first kappa shape index (κ1) is 12.2. The molecule has 0 saturated carbocycles. The van der Waals surface area contributed by atoms with Gasteiger partial charge in [0.15, 0.2) is 0 Å². The van der Waals surface area contributed by atoms with Crippen molar-refractivity contribution < 1.29 is 4.74 Å². The lowest BCUT2D eigenvalue weighted by atomic mass is 10.1. The zero-order valence-corrected chi connectivity index (χ0v) is 11.9. The number of aromatic nitrogens is 1. The molecule has 0 saturated heterocycles. The Morgan fingerprint density at radius 2 is 1.88 bits per heavy atom. The highest BCUT2D eigenvalue weighted by molar-refractivity contribution is 9.10. The number of methoxy groups -OCH3 is 1. The molecule has 0 fully saturated rings. The lowest BCUT2D eigenvalue weighted by Gasteiger charge is -2.13. The summed E-state index contributed by atoms with van der Waals surface area (Å²) in [6.45, 7) is 3.83. The van der Waals surface area contributed by atoms with E-state index < -0.39 is 0 Å². The van der Waals surface area contributed by atoms with E-state index in [1.54, 1.807) is 18.7 Å². The van der Waals surface area contributed by atoms with Gasteiger partial charge in [-0.1, -0.05) is 0 Å². The van der Waals surface area contributed by atoms with Crippen LogP contribution in [0, 0.1) is 13.8 Å². The lowest BCUT2D eigenvalue weighted by Crippen LogP contribution is -2.20. The van der Waals surface area contributed by atoms with Crippen molar-refractivity contribution in [3.63, 3.8) is 0 Å². The summed E-state index contributed by atoms with van der Waals surface area (Å²) in [6.07, 6.45) is 0. The maximum Gasteiger partial charge on any atom is 0.253 e. The van der Waals surface area contributed by atoms with Crippen molar-refractivity contribution in [3.05, 3.63) is 38.1 Å². The molecule has 0 aliphatic rings. The minimum absolute atomic E-state index is 0.0411. The number of ether oxygens (including phenoxy) is 1. The topological polar surface area (TPSA) is 31.2 Å². The van der Waals surface area contributed by atoms with E-state index >= 15 is 0 Å². The molecule has 0 N–H and O–H groups in total. The van der Waals surface area contributed by atoms with Crippen molar-refractivity contribution in [2.75, 3.05) is 7.11 Å². The van der Waals surface area contributed by atoms with Crippen LogP contribution in [0.3, 0.4) is 0 Å². The van der Waals surface area contributed by atoms with E-state index in [4.69, 9.17) is 4.74 Å². The minimum Gasteiger partial charge on any atom is -0.495 e. The molecule has 90 valence electrons. The standard InChI is InChI=1S/C13H14BrNO2/c1-7-8(2)13(16)15(3)11-6-12(17-4)10(14)5-9(7)11/h5-6H,1-4H3. The smallest absolute Gasteiger partial charge is 0.253 e. The van der Waals surface area contributed by atoms with Crippen LogP contribution in [-0.2, 0) is 7.05 Å². The highest BCUT2D eigenvalue weighted by Gasteiger charge is 2.11. The quantitative estimate of drug-likeness (QED) is 0.810. The molecule has 0 spiro atoms. The number of hydrogen-bond acceptors (Lipinski definition) is 2. The summed E-state index contributed by atoms with van der Waals surface area (Å²) in [5.41, 5.74) is 2.74. The molecule has 0 aliphatic carbocycles. The molecule has 4 heteroatoms. The zero-order chi connectivity index (χ0) is 12.7. The molecule has 0 radical (unpaired) electrons. The van der Waals surface area contributed by atoms with E-state index in [0.29, 0.717) is 0 Å². The van der Waals surface area contributed by atoms with Gasteiger partial charge in [-0.15, -0.1) is 0 Å². The van der Waals surface area contributed by atoms with Crippen LogP contribution in [0.1, 0.15) is 11.1 Å². The van der Waals surface area contributed by atoms with Crippen LogP contribution in [-0.4, -0.2) is 11.7 Å². The van der Waals surface area contributed by atoms with E-state index in [9.17, 15) is 4.79 Å². The van der Waals surface area contributed by atoms with E-state index in [2.05, 4.69) is 15.9 Å². The molecular weight excluding hydrogens is 282 g/mol. The first-order valence-corrected chi connectivity index (χ1v) is 6.10. The van der Waals surface area contributed by atoms with Crippen molar-refractivity contribution >= 4 is 26.8 Å². The number of rotatable bonds is 1. The molecule has 1 aromatic heterocycles. The second-order valence-corrected chi connectivity index (χ2v) is 4.97. The van der Waals surface area contributed by atoms with Crippen LogP contribution in [0.2, 0.25) is 0 Å². The number of hydrogen-bond donors (Lipinski definition) is 0. The monoisotopic (exact) mass is 295 g/mol. The Kier molecular flexibility index (Phi) is 3.00. The van der Waals surface area contributed by atoms with Crippen molar-refractivity contribution in [2.24, 2.45) is 7.05 Å². The average Bonchev–Trinajstić information content (AvgIpc) is 2.33. The third-order valence-corrected chi connectivity index (χ3v) is 3.84. The zero-order valence-electron chi connectivity index (χ0n) is 10.3. The van der Waals surface area contributed by atoms with Crippen LogP contribution in [0.4, 0.5) is 0 Å². The average molecular weight is 296 g/mol. The number of fused-ring (bicyclic) bond motifs is 1. The van der Waals surface area contributed by atoms with Gasteiger partial charge < -0.3 is 9.30 Å². The van der Waals surface area contributed by atoms with Crippen molar-refractivity contribution in [3.8, 4) is 5.75 Å². The van der Waals surface area contributed by atoms with Gasteiger partial charge in [0.05, 0.1) is 17.1 Å². The molecule has 0 amide bonds. The maximum atomic E-state index is 12.0. The molecule has 0 atom stereocenters. The number of nitrogens with zero attached hydrogens (tertiary/aromatic N) is 1. The molecule has 2 aromatic rings. The molecule has 3 nitrogen and oxygen atoms in total. The molecule has 1 heterocycles. The highest BCUT2D eigenvalue weighted by atomic mass is 79.9. The van der Waals surface area contributed by atoms with Crippen LogP contribution < -0.4 is 10.3 Å². The van der Waals surface area contributed by atoms with Gasteiger partial charge in [0.2, 0.25) is 0 Å². The fourth-order valence-corrected chi connectivity index (χ4v) is 2.51. The van der Waals surface area contributed by atoms with Crippen molar-refractivity contribution in [2.45, 2.75) is 13.8 Å². The summed E-state index contributed by atoms with van der Waals surface area (Å²) < 4.78 is 7.81. The summed E-state index contributed by atoms with van der Waals surface area (Å²) in [6, 6.07) is 3.88. The summed E-state index contributed by atoms with van der Waals surface area (Å²) in [5.74, 6) is 0.732. The van der Waals surface area contributed by atoms with Gasteiger partial charge in [-0.05, 0) is 41.4 Å². The van der Waals surface area contributed by atoms with Crippen molar-refractivity contribution in [1.82, 2.24) is 4.57 Å². The molecule has 0 unspecified atom stereocenters. The maximum absolute atomic E-state index is 12.0. The Bertz CT molecular complexity index is 659. The van der Waals surface area contributed by atoms with Crippen LogP contribution >= 0.6 is 15.9 Å². The van der Waals surface area contributed by atoms with E-state index in [1.165, 1.54) is 0 Å². The van der Waals surface area contributed by atoms with Gasteiger partial charge in [0.1, 0.15) is 5.75 Å². The van der Waals surface area contributed by atoms with Gasteiger partial charge in [-0.2, -0.15) is 0 Å². The van der Waals surface area contributed by atoms with Gasteiger partial charge in [-0.25, -0.2) is 0 Å². The summed E-state index contributed by atoms with van der Waals surface area (Å²) >= 11 is 3.47. The summed E-state index contributed by atoms with van der Waals surface area (Å²) in [4.78, 5) is 12.0. The Morgan fingerprint density at radius 1 is 1.24 bits per heavy atom. The Labute approximate surface area is 108 Å². The number of benzene rings is 1. The molecule has 0 bridgehead atoms. The van der Waals surface area contributed by atoms with Crippen LogP contribution in [0.25, 0.3) is 10.9 Å². The Hall–Kier alpha value is -1.29. The third-order valence-electron chi connectivity index (χ3n) is 3.22. The van der Waals surface area contributed by atoms with E-state index in [-0.39, 0.29) is 5.56 Å². The van der Waals surface area contributed by atoms with Gasteiger partial charge in [-0.3, -0.25) is 4.79 Å². The van der Waals surface area contributed by atoms with Crippen LogP contribution in [0.5, 0.6) is 5.75 Å². The van der Waals surface area contributed by atoms with E-state index in [1.807, 2.05) is 26.0 Å². The van der Waals surface area contributed by atoms with Gasteiger partial charge in [0, 0.05) is 24.1 Å². The molecule has 17 heavy (non-hydrogen) atoms. The second-order valence-electron chi connectivity index (χ2n) is 4.12. The number of halogens is 1. The summed E-state index contributed by atoms with van der Waals surface area (Å²) in [7, 11) is 3.40. The predicted octanol–water partition coefficient (Wildman–Crippen LogP) is 2.93. The number of aryl methyl sites for hydroxylation is 2. The fourth-order valence-electron chi connectivity index (χ4n) is 2.00. The first-order chi connectivity index (χ1) is 7.97. The largest absolute Gasteiger partial charge is 0.495 e. The molecule has 0 aliphatic heterocycles. The molecular formula is C13H14BrNO2. The highest BCUT2D eigenvalue weighted by Crippen LogP contribution is 2.31. The molecule has 2 rings (SSSR count). The fraction of sp³-hybridized carbons (Fsp3) is 0.308. The van der Waals surface area contributed by atoms with Crippen LogP contribution in [0.15, 0.2) is 21.4 Å². The predicted molar refractivity (Wildman–Crippen MR) is 72.9 cm³/mol. The normalized spacial score (nSPS) is 10.9. The van der Waals surface area contributed by atoms with Crippen molar-refractivity contribution in [1.29, 1.82) is 0 Å². The van der Waals surface area contributed by atoms with E-state index in [0.717, 1.165) is 32.3 Å². The second kappa shape index (κ2) is 4.18. The minimum atomic E-state index is 0.0411. The lowest BCUT2D eigenvalue weighted by molar-refractivity contribution is 0.412. The summed E-state index contributed by atoms with van der Waals surface area (Å²) in [5, 5.41) is 1.07.